The van der Waals surface area contributed by atoms with Crippen LogP contribution >= 0.6 is 0 Å². The number of nitrogens with two attached hydrogens (primary N) is 1. The van der Waals surface area contributed by atoms with E-state index in [-0.39, 0.29) is 0 Å². The van der Waals surface area contributed by atoms with Gasteiger partial charge < -0.3 is 0 Å². The van der Waals surface area contributed by atoms with E-state index in [1.165, 1.54) is 0 Å². The normalized spacial score (nSPS) is 44.2. The molecule has 0 aromatic rings. The average Bonchev–Trinajstić information content (AvgIpc) is 2.18. The molecule has 0 radical (unpaired) electrons. The van der Waals surface area contributed by atoms with E-state index >= 15 is 0 Å². The minimum atomic E-state index is -1.16. The number of alkyl halides is 1. The molecule has 86 valence electrons. The summed E-state index contributed by atoms with van der Waals surface area (Å²) in [5.41, 5.74) is 0. The topological polar surface area (TPSA) is 116 Å². The Morgan fingerprint density at radius 3 is 2.36 bits per heavy atom. The number of halogens is 1. The van der Waals surface area contributed by atoms with Crippen LogP contribution in [0.25, 0.3) is 0 Å². The Bertz CT molecular complexity index is 183. The van der Waals surface area contributed by atoms with E-state index in [2.05, 4.69) is 0 Å². The molecule has 0 aromatic carbocycles. The Balaban J connectivity index is 2.63. The number of ether oxygens (including phenoxy) is 1. The molecule has 0 spiro atoms. The first-order valence-corrected chi connectivity index (χ1v) is 6.97. The minimum absolute atomic E-state index is 0.431. The van der Waals surface area contributed by atoms with Crippen molar-refractivity contribution in [2.45, 2.75) is 24.6 Å². The standard InChI is InChI=1S/C7H15INO5/c9-8-1-3-5(11)6(12)4(2-10)14-7(3)13/h3-7,10-13H,1-2,9H2/q-1. The molecular weight excluding hydrogens is 305 g/mol. The molecule has 0 aromatic heterocycles. The van der Waals surface area contributed by atoms with Gasteiger partial charge in [-0.05, 0) is 0 Å². The van der Waals surface area contributed by atoms with Crippen molar-refractivity contribution in [3.63, 3.8) is 0 Å². The quantitative estimate of drug-likeness (QED) is 0.201. The molecule has 6 N–H and O–H groups in total. The molecule has 1 aliphatic rings. The molecule has 1 heterocycles. The third-order valence-electron chi connectivity index (χ3n) is 2.30. The molecule has 1 fully saturated rings. The Labute approximate surface area is 92.3 Å². The van der Waals surface area contributed by atoms with Crippen molar-refractivity contribution < 1.29 is 46.6 Å². The van der Waals surface area contributed by atoms with Gasteiger partial charge in [0, 0.05) is 0 Å². The fraction of sp³-hybridized carbons (Fsp3) is 1.00. The Morgan fingerprint density at radius 1 is 1.21 bits per heavy atom. The van der Waals surface area contributed by atoms with Crippen LogP contribution in [-0.2, 0) is 4.74 Å². The molecule has 1 aliphatic heterocycles. The van der Waals surface area contributed by atoms with Crippen LogP contribution in [0, 0.1) is 5.92 Å². The summed E-state index contributed by atoms with van der Waals surface area (Å²) in [4.78, 5) is 0. The Morgan fingerprint density at radius 2 is 1.86 bits per heavy atom. The van der Waals surface area contributed by atoms with Gasteiger partial charge >= 0.3 is 92.1 Å². The fourth-order valence-corrected chi connectivity index (χ4v) is 2.97. The molecule has 7 heteroatoms. The van der Waals surface area contributed by atoms with E-state index in [1.807, 2.05) is 0 Å². The predicted octanol–water partition coefficient (Wildman–Crippen LogP) is -6.00. The maximum absolute atomic E-state index is 9.60. The van der Waals surface area contributed by atoms with E-state index in [0.717, 1.165) is 0 Å². The molecule has 1 saturated heterocycles. The number of aliphatic hydroxyl groups is 4. The molecule has 0 aliphatic carbocycles. The second kappa shape index (κ2) is 5.54. The molecular formula is C7H15INO5-. The third kappa shape index (κ3) is 2.54. The van der Waals surface area contributed by atoms with E-state index in [0.29, 0.717) is 4.43 Å². The zero-order valence-electron chi connectivity index (χ0n) is 7.45. The van der Waals surface area contributed by atoms with Crippen LogP contribution < -0.4 is 25.4 Å². The summed E-state index contributed by atoms with van der Waals surface area (Å²) < 4.78 is 10.8. The molecule has 0 saturated carbocycles. The van der Waals surface area contributed by atoms with E-state index in [1.54, 1.807) is 0 Å². The fourth-order valence-electron chi connectivity index (χ4n) is 1.42. The van der Waals surface area contributed by atoms with Gasteiger partial charge in [0.1, 0.15) is 0 Å². The van der Waals surface area contributed by atoms with Crippen LogP contribution in [0.2, 0.25) is 0 Å². The van der Waals surface area contributed by atoms with Crippen molar-refractivity contribution in [3.8, 4) is 0 Å². The number of aliphatic hydroxyl groups excluding tert-OH is 4. The van der Waals surface area contributed by atoms with Gasteiger partial charge in [-0.15, -0.1) is 0 Å². The molecule has 5 atom stereocenters. The van der Waals surface area contributed by atoms with Gasteiger partial charge in [0.2, 0.25) is 0 Å². The second-order valence-corrected chi connectivity index (χ2v) is 4.96. The van der Waals surface area contributed by atoms with Gasteiger partial charge in [0.05, 0.1) is 0 Å². The first-order chi connectivity index (χ1) is 6.61. The second-order valence-electron chi connectivity index (χ2n) is 3.20. The van der Waals surface area contributed by atoms with Crippen LogP contribution in [0.3, 0.4) is 0 Å². The first kappa shape index (κ1) is 12.6. The predicted molar refractivity (Wildman–Crippen MR) is 42.5 cm³/mol. The zero-order valence-corrected chi connectivity index (χ0v) is 9.61. The summed E-state index contributed by atoms with van der Waals surface area (Å²) in [7, 11) is 0. The summed E-state index contributed by atoms with van der Waals surface area (Å²) in [5.74, 6) is -0.550. The van der Waals surface area contributed by atoms with Crippen LogP contribution in [0.4, 0.5) is 0 Å². The number of rotatable bonds is 3. The number of hydrogen-bond acceptors (Lipinski definition) is 6. The van der Waals surface area contributed by atoms with E-state index in [9.17, 15) is 15.3 Å². The molecule has 14 heavy (non-hydrogen) atoms. The van der Waals surface area contributed by atoms with Crippen LogP contribution in [0.5, 0.6) is 0 Å². The molecule has 5 unspecified atom stereocenters. The maximum atomic E-state index is 9.60. The molecule has 6 nitrogen and oxygen atoms in total. The Kier molecular flexibility index (Phi) is 4.97. The SMILES string of the molecule is N[I-]CC1C(O)OC(CO)C(O)C1O. The Hall–Kier alpha value is 0.490. The average molecular weight is 320 g/mol. The number of hydrogen-bond donors (Lipinski definition) is 5. The van der Waals surface area contributed by atoms with Gasteiger partial charge in [0.25, 0.3) is 0 Å². The van der Waals surface area contributed by atoms with Crippen molar-refractivity contribution >= 4 is 0 Å². The molecule has 0 bridgehead atoms. The van der Waals surface area contributed by atoms with Crippen molar-refractivity contribution in [1.82, 2.24) is 0 Å². The van der Waals surface area contributed by atoms with Crippen LogP contribution in [-0.4, -0.2) is 56.1 Å². The zero-order chi connectivity index (χ0) is 10.7. The summed E-state index contributed by atoms with van der Waals surface area (Å²) >= 11 is -0.584. The van der Waals surface area contributed by atoms with Gasteiger partial charge in [-0.25, -0.2) is 0 Å². The summed E-state index contributed by atoms with van der Waals surface area (Å²) in [6.45, 7) is -0.431. The van der Waals surface area contributed by atoms with Crippen LogP contribution in [0.1, 0.15) is 0 Å². The van der Waals surface area contributed by atoms with Gasteiger partial charge in [-0.2, -0.15) is 0 Å². The van der Waals surface area contributed by atoms with E-state index < -0.39 is 58.6 Å². The molecule has 0 amide bonds. The van der Waals surface area contributed by atoms with Crippen molar-refractivity contribution in [3.05, 3.63) is 0 Å². The summed E-state index contributed by atoms with van der Waals surface area (Å²) in [6.07, 6.45) is -4.33. The van der Waals surface area contributed by atoms with Crippen molar-refractivity contribution in [2.75, 3.05) is 11.0 Å². The third-order valence-corrected chi connectivity index (χ3v) is 3.82. The summed E-state index contributed by atoms with van der Waals surface area (Å²) in [5, 5.41) is 37.3. The monoisotopic (exact) mass is 320 g/mol. The molecule has 1 rings (SSSR count). The summed E-state index contributed by atoms with van der Waals surface area (Å²) in [6, 6.07) is 0. The van der Waals surface area contributed by atoms with E-state index in [4.69, 9.17) is 13.8 Å². The van der Waals surface area contributed by atoms with Gasteiger partial charge in [-0.1, -0.05) is 0 Å². The van der Waals surface area contributed by atoms with Crippen molar-refractivity contribution in [1.29, 1.82) is 0 Å². The van der Waals surface area contributed by atoms with Gasteiger partial charge in [0.15, 0.2) is 0 Å². The van der Waals surface area contributed by atoms with Gasteiger partial charge in [-0.3, -0.25) is 0 Å². The van der Waals surface area contributed by atoms with Crippen LogP contribution in [0.15, 0.2) is 0 Å². The first-order valence-electron chi connectivity index (χ1n) is 4.20. The van der Waals surface area contributed by atoms with Crippen molar-refractivity contribution in [2.24, 2.45) is 9.86 Å².